The van der Waals surface area contributed by atoms with Crippen molar-refractivity contribution in [3.8, 4) is 0 Å². The molecule has 27 heavy (non-hydrogen) atoms. The average Bonchev–Trinajstić information content (AvgIpc) is 3.11. The molecule has 3 saturated heterocycles. The van der Waals surface area contributed by atoms with Crippen LogP contribution in [-0.4, -0.2) is 72.4 Å². The first-order chi connectivity index (χ1) is 13.0. The van der Waals surface area contributed by atoms with Crippen LogP contribution in [0.25, 0.3) is 0 Å². The van der Waals surface area contributed by atoms with Gasteiger partial charge in [0, 0.05) is 44.8 Å². The van der Waals surface area contributed by atoms with Crippen LogP contribution in [-0.2, 0) is 4.79 Å². The minimum Gasteiger partial charge on any atom is -0.365 e. The van der Waals surface area contributed by atoms with Crippen LogP contribution in [0.15, 0.2) is 18.3 Å². The van der Waals surface area contributed by atoms with Gasteiger partial charge in [0.25, 0.3) is 5.91 Å². The van der Waals surface area contributed by atoms with Crippen molar-refractivity contribution in [2.45, 2.75) is 38.1 Å². The topological polar surface area (TPSA) is 82.8 Å². The zero-order valence-corrected chi connectivity index (χ0v) is 16.1. The molecule has 0 bridgehead atoms. The number of hydrogen-bond acceptors (Lipinski definition) is 5. The molecule has 1 spiro atoms. The van der Waals surface area contributed by atoms with Crippen LogP contribution < -0.4 is 10.6 Å². The monoisotopic (exact) mass is 371 g/mol. The summed E-state index contributed by atoms with van der Waals surface area (Å²) in [5.74, 6) is 0.586. The zero-order chi connectivity index (χ0) is 19.0. The van der Waals surface area contributed by atoms with E-state index in [4.69, 9.17) is 5.73 Å². The van der Waals surface area contributed by atoms with Crippen LogP contribution in [0, 0.1) is 5.41 Å². The molecular weight excluding hydrogens is 342 g/mol. The van der Waals surface area contributed by atoms with E-state index < -0.39 is 5.91 Å². The Bertz CT molecular complexity index is 729. The molecule has 7 nitrogen and oxygen atoms in total. The lowest BCUT2D eigenvalue weighted by Crippen LogP contribution is -2.55. The fourth-order valence-electron chi connectivity index (χ4n) is 4.99. The highest BCUT2D eigenvalue weighted by molar-refractivity contribution is 5.97. The van der Waals surface area contributed by atoms with Gasteiger partial charge in [-0.2, -0.15) is 0 Å². The van der Waals surface area contributed by atoms with Gasteiger partial charge in [-0.3, -0.25) is 9.59 Å². The van der Waals surface area contributed by atoms with Crippen molar-refractivity contribution >= 4 is 17.6 Å². The third-order valence-electron chi connectivity index (χ3n) is 6.68. The minimum atomic E-state index is -0.432. The van der Waals surface area contributed by atoms with Gasteiger partial charge in [0.15, 0.2) is 0 Å². The van der Waals surface area contributed by atoms with Crippen LogP contribution in [0.3, 0.4) is 0 Å². The van der Waals surface area contributed by atoms with Gasteiger partial charge in [0.1, 0.15) is 5.82 Å². The van der Waals surface area contributed by atoms with Crippen LogP contribution in [0.5, 0.6) is 0 Å². The molecule has 1 unspecified atom stereocenters. The van der Waals surface area contributed by atoms with Gasteiger partial charge in [-0.05, 0) is 56.8 Å². The van der Waals surface area contributed by atoms with Crippen molar-refractivity contribution in [2.24, 2.45) is 11.1 Å². The molecule has 0 aliphatic carbocycles. The lowest BCUT2D eigenvalue weighted by Gasteiger charge is -2.49. The van der Waals surface area contributed by atoms with E-state index in [9.17, 15) is 9.59 Å². The number of anilines is 1. The van der Waals surface area contributed by atoms with E-state index >= 15 is 0 Å². The van der Waals surface area contributed by atoms with Gasteiger partial charge in [-0.1, -0.05) is 0 Å². The number of nitrogens with two attached hydrogens (primary N) is 1. The Hall–Kier alpha value is -2.15. The third-order valence-corrected chi connectivity index (χ3v) is 6.68. The number of primary amides is 1. The van der Waals surface area contributed by atoms with Crippen molar-refractivity contribution in [1.82, 2.24) is 14.8 Å². The molecule has 3 aliphatic rings. The maximum absolute atomic E-state index is 12.6. The average molecular weight is 371 g/mol. The number of rotatable bonds is 3. The highest BCUT2D eigenvalue weighted by atomic mass is 16.2. The molecule has 2 amide bonds. The predicted octanol–water partition coefficient (Wildman–Crippen LogP) is 1.09. The number of carbonyl (C=O) groups is 2. The molecule has 2 N–H and O–H groups in total. The number of hydrogen-bond donors (Lipinski definition) is 1. The summed E-state index contributed by atoms with van der Waals surface area (Å²) < 4.78 is 0. The Labute approximate surface area is 160 Å². The molecule has 0 aromatic carbocycles. The molecule has 0 saturated carbocycles. The van der Waals surface area contributed by atoms with Crippen molar-refractivity contribution in [2.75, 3.05) is 44.7 Å². The second kappa shape index (κ2) is 7.11. The highest BCUT2D eigenvalue weighted by Crippen LogP contribution is 2.42. The van der Waals surface area contributed by atoms with E-state index in [1.807, 2.05) is 0 Å². The van der Waals surface area contributed by atoms with Gasteiger partial charge < -0.3 is 20.4 Å². The molecular formula is C20H29N5O2. The van der Waals surface area contributed by atoms with Crippen LogP contribution in [0.1, 0.15) is 42.5 Å². The standard InChI is InChI=1S/C20H29N5O2/c1-23-10-5-15(13-23)25-14-20(6-4-17(25)26)7-11-24(12-8-20)19-16(18(21)27)3-2-9-22-19/h2-3,9,15H,4-8,10-14H2,1H3,(H2,21,27). The number of piperidine rings is 2. The number of likely N-dealkylation sites (tertiary alicyclic amines) is 2. The molecule has 3 aliphatic heterocycles. The Kier molecular flexibility index (Phi) is 4.80. The summed E-state index contributed by atoms with van der Waals surface area (Å²) in [6.45, 7) is 4.64. The van der Waals surface area contributed by atoms with Crippen LogP contribution >= 0.6 is 0 Å². The summed E-state index contributed by atoms with van der Waals surface area (Å²) in [6.07, 6.45) is 6.48. The summed E-state index contributed by atoms with van der Waals surface area (Å²) in [6, 6.07) is 3.86. The normalized spacial score (nSPS) is 26.0. The van der Waals surface area contributed by atoms with Crippen molar-refractivity contribution in [1.29, 1.82) is 0 Å². The first-order valence-corrected chi connectivity index (χ1v) is 9.95. The molecule has 1 aromatic heterocycles. The van der Waals surface area contributed by atoms with Gasteiger partial charge in [-0.25, -0.2) is 4.98 Å². The minimum absolute atomic E-state index is 0.202. The summed E-state index contributed by atoms with van der Waals surface area (Å²) in [5, 5.41) is 0. The molecule has 4 rings (SSSR count). The lowest BCUT2D eigenvalue weighted by atomic mass is 9.72. The lowest BCUT2D eigenvalue weighted by molar-refractivity contribution is -0.141. The smallest absolute Gasteiger partial charge is 0.252 e. The zero-order valence-electron chi connectivity index (χ0n) is 16.1. The first-order valence-electron chi connectivity index (χ1n) is 9.95. The highest BCUT2D eigenvalue weighted by Gasteiger charge is 2.44. The van der Waals surface area contributed by atoms with E-state index in [1.54, 1.807) is 18.3 Å². The molecule has 1 atom stereocenters. The van der Waals surface area contributed by atoms with E-state index in [-0.39, 0.29) is 5.41 Å². The first kappa shape index (κ1) is 18.2. The van der Waals surface area contributed by atoms with Gasteiger partial charge in [0.2, 0.25) is 5.91 Å². The van der Waals surface area contributed by atoms with Crippen molar-refractivity contribution in [3.63, 3.8) is 0 Å². The largest absolute Gasteiger partial charge is 0.365 e. The fraction of sp³-hybridized carbons (Fsp3) is 0.650. The van der Waals surface area contributed by atoms with Crippen molar-refractivity contribution in [3.05, 3.63) is 23.9 Å². The van der Waals surface area contributed by atoms with Crippen LogP contribution in [0.4, 0.5) is 5.82 Å². The summed E-state index contributed by atoms with van der Waals surface area (Å²) in [4.78, 5) is 35.3. The number of amides is 2. The number of aromatic nitrogens is 1. The number of carbonyl (C=O) groups excluding carboxylic acids is 2. The van der Waals surface area contributed by atoms with Gasteiger partial charge in [0.05, 0.1) is 5.56 Å². The predicted molar refractivity (Wildman–Crippen MR) is 103 cm³/mol. The molecule has 3 fully saturated rings. The summed E-state index contributed by atoms with van der Waals surface area (Å²) in [5.41, 5.74) is 6.21. The number of nitrogens with zero attached hydrogens (tertiary/aromatic N) is 4. The van der Waals surface area contributed by atoms with Gasteiger partial charge >= 0.3 is 0 Å². The second-order valence-corrected chi connectivity index (χ2v) is 8.45. The molecule has 0 radical (unpaired) electrons. The van der Waals surface area contributed by atoms with E-state index in [0.717, 1.165) is 58.4 Å². The fourth-order valence-corrected chi connectivity index (χ4v) is 4.99. The summed E-state index contributed by atoms with van der Waals surface area (Å²) >= 11 is 0. The maximum atomic E-state index is 12.6. The van der Waals surface area contributed by atoms with Gasteiger partial charge in [-0.15, -0.1) is 0 Å². The summed E-state index contributed by atoms with van der Waals surface area (Å²) in [7, 11) is 2.13. The SMILES string of the molecule is CN1CCC(N2CC3(CCC2=O)CCN(c2ncccc2C(N)=O)CC3)C1. The Morgan fingerprint density at radius 1 is 1.26 bits per heavy atom. The van der Waals surface area contributed by atoms with E-state index in [0.29, 0.717) is 29.8 Å². The van der Waals surface area contributed by atoms with Crippen LogP contribution in [0.2, 0.25) is 0 Å². The second-order valence-electron chi connectivity index (χ2n) is 8.45. The van der Waals surface area contributed by atoms with E-state index in [2.05, 4.69) is 26.7 Å². The number of likely N-dealkylation sites (N-methyl/N-ethyl adjacent to an activating group) is 1. The van der Waals surface area contributed by atoms with E-state index in [1.165, 1.54) is 0 Å². The maximum Gasteiger partial charge on any atom is 0.252 e. The quantitative estimate of drug-likeness (QED) is 0.860. The Balaban J connectivity index is 1.45. The molecule has 1 aromatic rings. The molecule has 146 valence electrons. The van der Waals surface area contributed by atoms with Crippen molar-refractivity contribution < 1.29 is 9.59 Å². The molecule has 4 heterocycles. The Morgan fingerprint density at radius 2 is 2.04 bits per heavy atom. The Morgan fingerprint density at radius 3 is 2.70 bits per heavy atom. The number of pyridine rings is 1. The molecule has 7 heteroatoms. The third kappa shape index (κ3) is 3.52.